The molecule has 0 aliphatic rings. The van der Waals surface area contributed by atoms with Crippen LogP contribution in [-0.4, -0.2) is 33.0 Å². The average Bonchev–Trinajstić information content (AvgIpc) is 2.85. The molecule has 2 aromatic heterocycles. The normalized spacial score (nSPS) is 12.0. The first-order chi connectivity index (χ1) is 9.34. The molecule has 0 spiro atoms. The van der Waals surface area contributed by atoms with Gasteiger partial charge in [0, 0.05) is 6.54 Å². The smallest absolute Gasteiger partial charge is 0.241 e. The van der Waals surface area contributed by atoms with Crippen LogP contribution in [0.1, 0.15) is 30.6 Å². The first kappa shape index (κ1) is 14.7. The van der Waals surface area contributed by atoms with Gasteiger partial charge in [0.05, 0.1) is 11.4 Å². The van der Waals surface area contributed by atoms with Crippen LogP contribution in [-0.2, 0) is 23.1 Å². The molecule has 2 aromatic rings. The predicted molar refractivity (Wildman–Crippen MR) is 72.5 cm³/mol. The average molecular weight is 298 g/mol. The number of aryl methyl sites for hydroxylation is 2. The molecule has 0 unspecified atom stereocenters. The number of nitrogens with zero attached hydrogens (tertiary/aromatic N) is 5. The summed E-state index contributed by atoms with van der Waals surface area (Å²) in [7, 11) is -3.77. The van der Waals surface area contributed by atoms with E-state index in [1.165, 1.54) is 6.33 Å². The van der Waals surface area contributed by atoms with Gasteiger partial charge in [0.2, 0.25) is 10.0 Å². The second-order valence-electron chi connectivity index (χ2n) is 4.60. The molecular formula is C11H18N6O2S. The molecule has 2 rings (SSSR count). The Bertz CT molecular complexity index is 715. The molecular weight excluding hydrogens is 280 g/mol. The number of primary sulfonamides is 1. The van der Waals surface area contributed by atoms with E-state index in [0.717, 1.165) is 18.8 Å². The van der Waals surface area contributed by atoms with E-state index in [4.69, 9.17) is 5.14 Å². The number of rotatable bonds is 5. The molecule has 8 nitrogen and oxygen atoms in total. The molecule has 9 heteroatoms. The summed E-state index contributed by atoms with van der Waals surface area (Å²) in [6.45, 7) is 6.48. The molecule has 0 saturated carbocycles. The Kier molecular flexibility index (Phi) is 3.91. The fourth-order valence-corrected chi connectivity index (χ4v) is 3.16. The monoisotopic (exact) mass is 298 g/mol. The first-order valence-corrected chi connectivity index (χ1v) is 7.82. The molecule has 20 heavy (non-hydrogen) atoms. The van der Waals surface area contributed by atoms with Crippen molar-refractivity contribution in [3.05, 3.63) is 23.5 Å². The van der Waals surface area contributed by atoms with Gasteiger partial charge in [-0.15, -0.1) is 0 Å². The zero-order valence-electron chi connectivity index (χ0n) is 11.7. The third kappa shape index (κ3) is 2.73. The van der Waals surface area contributed by atoms with Gasteiger partial charge in [0.15, 0.2) is 0 Å². The van der Waals surface area contributed by atoms with Crippen molar-refractivity contribution in [1.82, 2.24) is 24.5 Å². The second kappa shape index (κ2) is 5.33. The van der Waals surface area contributed by atoms with Gasteiger partial charge in [-0.05, 0) is 20.3 Å². The van der Waals surface area contributed by atoms with E-state index in [9.17, 15) is 8.42 Å². The number of hydrogen-bond acceptors (Lipinski definition) is 5. The van der Waals surface area contributed by atoms with Crippen LogP contribution in [0.25, 0.3) is 0 Å². The summed E-state index contributed by atoms with van der Waals surface area (Å²) in [5.74, 6) is 0.735. The summed E-state index contributed by atoms with van der Waals surface area (Å²) in [6.07, 6.45) is 2.42. The third-order valence-corrected chi connectivity index (χ3v) is 4.18. The largest absolute Gasteiger partial charge is 0.261 e. The van der Waals surface area contributed by atoms with Crippen LogP contribution < -0.4 is 5.14 Å². The Labute approximate surface area is 117 Å². The van der Waals surface area contributed by atoms with Crippen molar-refractivity contribution in [3.8, 4) is 0 Å². The van der Waals surface area contributed by atoms with E-state index in [0.29, 0.717) is 17.9 Å². The van der Waals surface area contributed by atoms with E-state index >= 15 is 0 Å². The first-order valence-electron chi connectivity index (χ1n) is 6.28. The lowest BCUT2D eigenvalue weighted by atomic mass is 10.4. The maximum Gasteiger partial charge on any atom is 0.241 e. The molecule has 0 amide bonds. The predicted octanol–water partition coefficient (Wildman–Crippen LogP) is 0.197. The molecule has 0 fully saturated rings. The molecule has 2 N–H and O–H groups in total. The van der Waals surface area contributed by atoms with Gasteiger partial charge in [-0.25, -0.2) is 23.2 Å². The zero-order valence-corrected chi connectivity index (χ0v) is 12.6. The molecule has 110 valence electrons. The molecule has 0 aliphatic heterocycles. The Morgan fingerprint density at radius 3 is 2.55 bits per heavy atom. The van der Waals surface area contributed by atoms with Crippen LogP contribution in [0.2, 0.25) is 0 Å². The van der Waals surface area contributed by atoms with Crippen LogP contribution in [0.5, 0.6) is 0 Å². The third-order valence-electron chi connectivity index (χ3n) is 3.02. The van der Waals surface area contributed by atoms with Crippen LogP contribution in [0.15, 0.2) is 11.2 Å². The van der Waals surface area contributed by atoms with Crippen molar-refractivity contribution in [2.45, 2.75) is 45.2 Å². The Hall–Kier alpha value is -1.74. The number of aromatic nitrogens is 5. The quantitative estimate of drug-likeness (QED) is 0.848. The SMILES string of the molecule is CCCn1ncnc1Cn1nc(C)c(S(N)(=O)=O)c1C. The van der Waals surface area contributed by atoms with Crippen molar-refractivity contribution in [1.29, 1.82) is 0 Å². The summed E-state index contributed by atoms with van der Waals surface area (Å²) < 4.78 is 26.5. The maximum atomic E-state index is 11.6. The Morgan fingerprint density at radius 1 is 1.30 bits per heavy atom. The van der Waals surface area contributed by atoms with Gasteiger partial charge in [0.25, 0.3) is 0 Å². The number of sulfonamides is 1. The van der Waals surface area contributed by atoms with Crippen molar-refractivity contribution >= 4 is 10.0 Å². The molecule has 0 aromatic carbocycles. The fraction of sp³-hybridized carbons (Fsp3) is 0.545. The molecule has 0 aliphatic carbocycles. The van der Waals surface area contributed by atoms with Crippen LogP contribution in [0.4, 0.5) is 0 Å². The highest BCUT2D eigenvalue weighted by atomic mass is 32.2. The summed E-state index contributed by atoms with van der Waals surface area (Å²) in [5, 5.41) is 13.6. The van der Waals surface area contributed by atoms with Gasteiger partial charge in [0.1, 0.15) is 23.6 Å². The van der Waals surface area contributed by atoms with Gasteiger partial charge in [-0.2, -0.15) is 10.2 Å². The van der Waals surface area contributed by atoms with E-state index in [-0.39, 0.29) is 4.90 Å². The lowest BCUT2D eigenvalue weighted by molar-refractivity contribution is 0.533. The van der Waals surface area contributed by atoms with E-state index in [2.05, 4.69) is 15.2 Å². The van der Waals surface area contributed by atoms with Gasteiger partial charge >= 0.3 is 0 Å². The van der Waals surface area contributed by atoms with Crippen molar-refractivity contribution in [3.63, 3.8) is 0 Å². The summed E-state index contributed by atoms with van der Waals surface area (Å²) in [4.78, 5) is 4.27. The Balaban J connectivity index is 2.38. The standard InChI is InChI=1S/C11H18N6O2S/c1-4-5-16-10(13-7-14-16)6-17-9(3)11(8(2)15-17)20(12,18)19/h7H,4-6H2,1-3H3,(H2,12,18,19). The molecule has 0 atom stereocenters. The van der Waals surface area contributed by atoms with Crippen LogP contribution in [0, 0.1) is 13.8 Å². The van der Waals surface area contributed by atoms with E-state index in [1.807, 2.05) is 6.92 Å². The van der Waals surface area contributed by atoms with Gasteiger partial charge in [-0.3, -0.25) is 4.68 Å². The molecule has 2 heterocycles. The maximum absolute atomic E-state index is 11.6. The topological polar surface area (TPSA) is 109 Å². The summed E-state index contributed by atoms with van der Waals surface area (Å²) in [6, 6.07) is 0. The fourth-order valence-electron chi connectivity index (χ4n) is 2.19. The zero-order chi connectivity index (χ0) is 14.9. The van der Waals surface area contributed by atoms with Crippen molar-refractivity contribution in [2.24, 2.45) is 5.14 Å². The molecule has 0 radical (unpaired) electrons. The van der Waals surface area contributed by atoms with Crippen molar-refractivity contribution in [2.75, 3.05) is 0 Å². The summed E-state index contributed by atoms with van der Waals surface area (Å²) >= 11 is 0. The van der Waals surface area contributed by atoms with E-state index < -0.39 is 10.0 Å². The lowest BCUT2D eigenvalue weighted by Crippen LogP contribution is -2.15. The lowest BCUT2D eigenvalue weighted by Gasteiger charge is -2.06. The van der Waals surface area contributed by atoms with Crippen LogP contribution >= 0.6 is 0 Å². The molecule has 0 bridgehead atoms. The van der Waals surface area contributed by atoms with Gasteiger partial charge in [-0.1, -0.05) is 6.92 Å². The van der Waals surface area contributed by atoms with Gasteiger partial charge < -0.3 is 0 Å². The second-order valence-corrected chi connectivity index (χ2v) is 6.10. The minimum atomic E-state index is -3.77. The highest BCUT2D eigenvalue weighted by Crippen LogP contribution is 2.18. The number of hydrogen-bond donors (Lipinski definition) is 1. The summed E-state index contributed by atoms with van der Waals surface area (Å²) in [5.41, 5.74) is 0.905. The minimum Gasteiger partial charge on any atom is -0.261 e. The highest BCUT2D eigenvalue weighted by molar-refractivity contribution is 7.89. The van der Waals surface area contributed by atoms with E-state index in [1.54, 1.807) is 23.2 Å². The van der Waals surface area contributed by atoms with Crippen LogP contribution in [0.3, 0.4) is 0 Å². The highest BCUT2D eigenvalue weighted by Gasteiger charge is 2.21. The molecule has 0 saturated heterocycles. The van der Waals surface area contributed by atoms with Crippen molar-refractivity contribution < 1.29 is 8.42 Å². The number of nitrogens with two attached hydrogens (primary N) is 1. The minimum absolute atomic E-state index is 0.0825. The Morgan fingerprint density at radius 2 is 2.00 bits per heavy atom.